The lowest BCUT2D eigenvalue weighted by Gasteiger charge is -2.35. The molecule has 1 fully saturated rings. The van der Waals surface area contributed by atoms with Crippen LogP contribution in [-0.2, 0) is 0 Å². The van der Waals surface area contributed by atoms with Gasteiger partial charge in [0.05, 0.1) is 0 Å². The minimum Gasteiger partial charge on any atom is -0.353 e. The van der Waals surface area contributed by atoms with Crippen molar-refractivity contribution in [2.45, 2.75) is 6.92 Å². The van der Waals surface area contributed by atoms with E-state index in [1.165, 1.54) is 5.56 Å². The molecule has 3 heterocycles. The lowest BCUT2D eigenvalue weighted by atomic mass is 10.2. The van der Waals surface area contributed by atoms with Gasteiger partial charge in [0.25, 0.3) is 0 Å². The summed E-state index contributed by atoms with van der Waals surface area (Å²) in [5.74, 6) is 2.52. The molecule has 7 nitrogen and oxygen atoms in total. The van der Waals surface area contributed by atoms with E-state index in [2.05, 4.69) is 54.1 Å². The van der Waals surface area contributed by atoms with Crippen LogP contribution in [0.2, 0.25) is 0 Å². The van der Waals surface area contributed by atoms with E-state index in [1.807, 2.05) is 24.3 Å². The van der Waals surface area contributed by atoms with E-state index in [0.29, 0.717) is 0 Å². The van der Waals surface area contributed by atoms with Crippen molar-refractivity contribution >= 4 is 23.3 Å². The highest BCUT2D eigenvalue weighted by molar-refractivity contribution is 5.60. The first-order chi connectivity index (χ1) is 12.8. The summed E-state index contributed by atoms with van der Waals surface area (Å²) in [6, 6.07) is 12.1. The van der Waals surface area contributed by atoms with Crippen LogP contribution in [0.3, 0.4) is 0 Å². The van der Waals surface area contributed by atoms with Crippen molar-refractivity contribution in [2.75, 3.05) is 41.3 Å². The minimum atomic E-state index is 0.789. The quantitative estimate of drug-likeness (QED) is 0.778. The highest BCUT2D eigenvalue weighted by atomic mass is 15.3. The fraction of sp³-hybridized carbons (Fsp3) is 0.263. The number of hydrogen-bond acceptors (Lipinski definition) is 7. The summed E-state index contributed by atoms with van der Waals surface area (Å²) in [6.07, 6.45) is 5.17. The van der Waals surface area contributed by atoms with Gasteiger partial charge in [0.1, 0.15) is 18.0 Å². The number of rotatable bonds is 4. The molecule has 2 aromatic heterocycles. The summed E-state index contributed by atoms with van der Waals surface area (Å²) in [5.41, 5.74) is 2.24. The molecule has 1 aliphatic heterocycles. The van der Waals surface area contributed by atoms with E-state index in [4.69, 9.17) is 0 Å². The molecule has 7 heteroatoms. The standard InChI is InChI=1S/C19H21N7/c1-15-4-2-5-16(12-15)24-17-13-18(23-14-22-17)25-8-10-26(11-9-25)19-20-6-3-7-21-19/h2-7,12-14H,8-11H2,1H3,(H,22,23,24). The van der Waals surface area contributed by atoms with Gasteiger partial charge in [-0.05, 0) is 30.7 Å². The zero-order chi connectivity index (χ0) is 17.8. The van der Waals surface area contributed by atoms with Crippen molar-refractivity contribution in [3.8, 4) is 0 Å². The molecule has 1 saturated heterocycles. The van der Waals surface area contributed by atoms with Crippen LogP contribution in [-0.4, -0.2) is 46.1 Å². The second kappa shape index (κ2) is 7.35. The van der Waals surface area contributed by atoms with E-state index in [-0.39, 0.29) is 0 Å². The van der Waals surface area contributed by atoms with Crippen molar-refractivity contribution in [1.29, 1.82) is 0 Å². The molecule has 4 rings (SSSR count). The molecule has 0 atom stereocenters. The van der Waals surface area contributed by atoms with Gasteiger partial charge in [-0.3, -0.25) is 0 Å². The fourth-order valence-electron chi connectivity index (χ4n) is 3.05. The second-order valence-electron chi connectivity index (χ2n) is 6.28. The highest BCUT2D eigenvalue weighted by Gasteiger charge is 2.20. The molecule has 0 bridgehead atoms. The van der Waals surface area contributed by atoms with E-state index in [1.54, 1.807) is 18.7 Å². The molecule has 0 radical (unpaired) electrons. The summed E-state index contributed by atoms with van der Waals surface area (Å²) >= 11 is 0. The normalized spacial score (nSPS) is 14.3. The molecule has 132 valence electrons. The lowest BCUT2D eigenvalue weighted by molar-refractivity contribution is 0.634. The molecular formula is C19H21N7. The summed E-state index contributed by atoms with van der Waals surface area (Å²) in [4.78, 5) is 21.9. The first kappa shape index (κ1) is 16.3. The predicted octanol–water partition coefficient (Wildman–Crippen LogP) is 2.65. The molecule has 26 heavy (non-hydrogen) atoms. The monoisotopic (exact) mass is 347 g/mol. The summed E-state index contributed by atoms with van der Waals surface area (Å²) in [6.45, 7) is 5.56. The van der Waals surface area contributed by atoms with Gasteiger partial charge in [-0.1, -0.05) is 12.1 Å². The average molecular weight is 347 g/mol. The van der Waals surface area contributed by atoms with Crippen molar-refractivity contribution in [3.05, 3.63) is 60.7 Å². The number of piperazine rings is 1. The topological polar surface area (TPSA) is 70.1 Å². The maximum atomic E-state index is 4.45. The minimum absolute atomic E-state index is 0.789. The second-order valence-corrected chi connectivity index (χ2v) is 6.28. The molecule has 0 amide bonds. The molecule has 0 saturated carbocycles. The van der Waals surface area contributed by atoms with E-state index >= 15 is 0 Å². The zero-order valence-corrected chi connectivity index (χ0v) is 14.7. The van der Waals surface area contributed by atoms with Gasteiger partial charge < -0.3 is 15.1 Å². The predicted molar refractivity (Wildman–Crippen MR) is 103 cm³/mol. The van der Waals surface area contributed by atoms with Gasteiger partial charge in [0.15, 0.2) is 0 Å². The largest absolute Gasteiger partial charge is 0.353 e. The van der Waals surface area contributed by atoms with Gasteiger partial charge in [-0.25, -0.2) is 19.9 Å². The molecule has 0 unspecified atom stereocenters. The molecule has 0 aliphatic carbocycles. The van der Waals surface area contributed by atoms with Crippen molar-refractivity contribution in [2.24, 2.45) is 0 Å². The Morgan fingerprint density at radius 2 is 1.62 bits per heavy atom. The van der Waals surface area contributed by atoms with Crippen molar-refractivity contribution in [1.82, 2.24) is 19.9 Å². The summed E-state index contributed by atoms with van der Waals surface area (Å²) in [7, 11) is 0. The SMILES string of the molecule is Cc1cccc(Nc2cc(N3CCN(c4ncccn4)CC3)ncn2)c1. The van der Waals surface area contributed by atoms with Crippen LogP contribution < -0.4 is 15.1 Å². The van der Waals surface area contributed by atoms with Crippen LogP contribution >= 0.6 is 0 Å². The van der Waals surface area contributed by atoms with Gasteiger partial charge in [-0.2, -0.15) is 0 Å². The average Bonchev–Trinajstić information content (AvgIpc) is 2.69. The van der Waals surface area contributed by atoms with Crippen molar-refractivity contribution in [3.63, 3.8) is 0 Å². The van der Waals surface area contributed by atoms with E-state index < -0.39 is 0 Å². The van der Waals surface area contributed by atoms with Crippen LogP contribution in [0, 0.1) is 6.92 Å². The van der Waals surface area contributed by atoms with Crippen LogP contribution in [0.15, 0.2) is 55.1 Å². The Bertz CT molecular complexity index is 861. The van der Waals surface area contributed by atoms with Gasteiger partial charge in [0.2, 0.25) is 5.95 Å². The maximum Gasteiger partial charge on any atom is 0.225 e. The number of nitrogens with one attached hydrogen (secondary N) is 1. The van der Waals surface area contributed by atoms with Gasteiger partial charge >= 0.3 is 0 Å². The molecular weight excluding hydrogens is 326 g/mol. The lowest BCUT2D eigenvalue weighted by Crippen LogP contribution is -2.47. The van der Waals surface area contributed by atoms with E-state index in [9.17, 15) is 0 Å². The summed E-state index contributed by atoms with van der Waals surface area (Å²) in [5, 5.41) is 3.35. The number of hydrogen-bond donors (Lipinski definition) is 1. The molecule has 3 aromatic rings. The Morgan fingerprint density at radius 1 is 0.846 bits per heavy atom. The Labute approximate surface area is 152 Å². The zero-order valence-electron chi connectivity index (χ0n) is 14.7. The Balaban J connectivity index is 1.43. The molecule has 0 spiro atoms. The smallest absolute Gasteiger partial charge is 0.225 e. The van der Waals surface area contributed by atoms with Crippen LogP contribution in [0.25, 0.3) is 0 Å². The summed E-state index contributed by atoms with van der Waals surface area (Å²) < 4.78 is 0. The Morgan fingerprint density at radius 3 is 2.38 bits per heavy atom. The third-order valence-corrected chi connectivity index (χ3v) is 4.38. The van der Waals surface area contributed by atoms with Crippen LogP contribution in [0.4, 0.5) is 23.3 Å². The third-order valence-electron chi connectivity index (χ3n) is 4.38. The van der Waals surface area contributed by atoms with Crippen LogP contribution in [0.1, 0.15) is 5.56 Å². The van der Waals surface area contributed by atoms with Gasteiger partial charge in [0, 0.05) is 50.3 Å². The Hall–Kier alpha value is -3.22. The molecule has 1 aromatic carbocycles. The Kier molecular flexibility index (Phi) is 4.59. The number of aromatic nitrogens is 4. The number of nitrogens with zero attached hydrogens (tertiary/aromatic N) is 6. The number of anilines is 4. The first-order valence-electron chi connectivity index (χ1n) is 8.70. The highest BCUT2D eigenvalue weighted by Crippen LogP contribution is 2.21. The number of aryl methyl sites for hydroxylation is 1. The van der Waals surface area contributed by atoms with E-state index in [0.717, 1.165) is 49.5 Å². The fourth-order valence-corrected chi connectivity index (χ4v) is 3.05. The molecule has 1 aliphatic rings. The third kappa shape index (κ3) is 3.72. The maximum absolute atomic E-state index is 4.45. The van der Waals surface area contributed by atoms with Crippen LogP contribution in [0.5, 0.6) is 0 Å². The number of benzene rings is 1. The van der Waals surface area contributed by atoms with Crippen molar-refractivity contribution < 1.29 is 0 Å². The first-order valence-corrected chi connectivity index (χ1v) is 8.70. The van der Waals surface area contributed by atoms with Gasteiger partial charge in [-0.15, -0.1) is 0 Å². The molecule has 1 N–H and O–H groups in total.